The number of anilines is 1. The molecule has 0 atom stereocenters. The second kappa shape index (κ2) is 5.90. The van der Waals surface area contributed by atoms with E-state index in [0.29, 0.717) is 11.7 Å². The average molecular weight is 388 g/mol. The maximum Gasteiger partial charge on any atom is 0.143 e. The van der Waals surface area contributed by atoms with Crippen LogP contribution >= 0.6 is 50.5 Å². The van der Waals surface area contributed by atoms with Crippen LogP contribution in [0.25, 0.3) is 10.1 Å². The maximum absolute atomic E-state index is 6.40. The number of rotatable bonds is 3. The van der Waals surface area contributed by atoms with Gasteiger partial charge in [0.25, 0.3) is 0 Å². The number of thiophene rings is 1. The van der Waals surface area contributed by atoms with Crippen LogP contribution in [0.2, 0.25) is 10.2 Å². The van der Waals surface area contributed by atoms with E-state index in [9.17, 15) is 0 Å². The third kappa shape index (κ3) is 2.79. The molecule has 2 aromatic heterocycles. The number of hydrogen-bond donors (Lipinski definition) is 1. The van der Waals surface area contributed by atoms with Crippen LogP contribution in [0.15, 0.2) is 41.0 Å². The zero-order chi connectivity index (χ0) is 14.1. The molecule has 0 unspecified atom stereocenters. The van der Waals surface area contributed by atoms with Gasteiger partial charge in [-0.25, -0.2) is 4.98 Å². The summed E-state index contributed by atoms with van der Waals surface area (Å²) in [6, 6.07) is 10.0. The quantitative estimate of drug-likeness (QED) is 0.559. The molecular weight excluding hydrogens is 379 g/mol. The fourth-order valence-corrected chi connectivity index (χ4v) is 3.77. The highest BCUT2D eigenvalue weighted by Gasteiger charge is 2.09. The third-order valence-electron chi connectivity index (χ3n) is 2.85. The number of halogens is 3. The summed E-state index contributed by atoms with van der Waals surface area (Å²) in [6.07, 6.45) is 1.70. The summed E-state index contributed by atoms with van der Waals surface area (Å²) in [5.74, 6) is 0. The Labute approximate surface area is 138 Å². The van der Waals surface area contributed by atoms with Gasteiger partial charge in [-0.3, -0.25) is 0 Å². The standard InChI is InChI=1S/C14H9BrCl2N2S/c15-10-5-8(6-19-14(10)17)18-7-12-13(16)9-3-1-2-4-11(9)20-12/h1-6,18H,7H2. The monoisotopic (exact) mass is 386 g/mol. The van der Waals surface area contributed by atoms with Crippen LogP contribution in [0.5, 0.6) is 0 Å². The van der Waals surface area contributed by atoms with Gasteiger partial charge in [-0.2, -0.15) is 0 Å². The molecule has 0 spiro atoms. The first-order valence-corrected chi connectivity index (χ1v) is 8.22. The van der Waals surface area contributed by atoms with Crippen molar-refractivity contribution < 1.29 is 0 Å². The summed E-state index contributed by atoms with van der Waals surface area (Å²) in [5, 5.41) is 5.68. The van der Waals surface area contributed by atoms with Crippen molar-refractivity contribution in [2.75, 3.05) is 5.32 Å². The van der Waals surface area contributed by atoms with Crippen LogP contribution in [0.3, 0.4) is 0 Å². The summed E-state index contributed by atoms with van der Waals surface area (Å²) in [6.45, 7) is 0.661. The lowest BCUT2D eigenvalue weighted by atomic mass is 10.2. The molecule has 20 heavy (non-hydrogen) atoms. The van der Waals surface area contributed by atoms with Crippen molar-refractivity contribution in [2.45, 2.75) is 6.54 Å². The van der Waals surface area contributed by atoms with Crippen LogP contribution < -0.4 is 5.32 Å². The average Bonchev–Trinajstić information content (AvgIpc) is 2.77. The van der Waals surface area contributed by atoms with E-state index in [-0.39, 0.29) is 0 Å². The van der Waals surface area contributed by atoms with Crippen molar-refractivity contribution in [1.29, 1.82) is 0 Å². The Morgan fingerprint density at radius 3 is 2.80 bits per heavy atom. The highest BCUT2D eigenvalue weighted by atomic mass is 79.9. The molecule has 2 heterocycles. The summed E-state index contributed by atoms with van der Waals surface area (Å²) in [7, 11) is 0. The molecule has 0 aliphatic rings. The number of nitrogens with zero attached hydrogens (tertiary/aromatic N) is 1. The fraction of sp³-hybridized carbons (Fsp3) is 0.0714. The highest BCUT2D eigenvalue weighted by Crippen LogP contribution is 2.35. The van der Waals surface area contributed by atoms with Gasteiger partial charge in [0.15, 0.2) is 0 Å². The molecule has 0 saturated carbocycles. The first-order chi connectivity index (χ1) is 9.65. The molecule has 102 valence electrons. The van der Waals surface area contributed by atoms with E-state index in [1.807, 2.05) is 24.3 Å². The molecule has 0 saturated heterocycles. The Balaban J connectivity index is 1.83. The fourth-order valence-electron chi connectivity index (χ4n) is 1.88. The Hall–Kier alpha value is -0.810. The van der Waals surface area contributed by atoms with Gasteiger partial charge in [-0.15, -0.1) is 11.3 Å². The summed E-state index contributed by atoms with van der Waals surface area (Å²) in [4.78, 5) is 5.19. The van der Waals surface area contributed by atoms with Gasteiger partial charge in [0, 0.05) is 15.0 Å². The normalized spacial score (nSPS) is 10.9. The summed E-state index contributed by atoms with van der Waals surface area (Å²) < 4.78 is 1.97. The SMILES string of the molecule is Clc1ncc(NCc2sc3ccccc3c2Cl)cc1Br. The van der Waals surface area contributed by atoms with E-state index in [1.165, 1.54) is 4.70 Å². The Morgan fingerprint density at radius 1 is 1.25 bits per heavy atom. The van der Waals surface area contributed by atoms with Crippen molar-refractivity contribution in [3.05, 3.63) is 56.1 Å². The second-order valence-electron chi connectivity index (χ2n) is 4.19. The topological polar surface area (TPSA) is 24.9 Å². The van der Waals surface area contributed by atoms with Gasteiger partial charge in [-0.05, 0) is 28.1 Å². The molecule has 1 N–H and O–H groups in total. The van der Waals surface area contributed by atoms with Crippen molar-refractivity contribution >= 4 is 66.2 Å². The van der Waals surface area contributed by atoms with Crippen molar-refractivity contribution in [1.82, 2.24) is 4.98 Å². The van der Waals surface area contributed by atoms with Crippen LogP contribution in [-0.4, -0.2) is 4.98 Å². The van der Waals surface area contributed by atoms with Gasteiger partial charge >= 0.3 is 0 Å². The maximum atomic E-state index is 6.40. The number of benzene rings is 1. The summed E-state index contributed by atoms with van der Waals surface area (Å²) >= 11 is 17.3. The minimum absolute atomic E-state index is 0.454. The highest BCUT2D eigenvalue weighted by molar-refractivity contribution is 9.10. The molecule has 0 aliphatic carbocycles. The number of fused-ring (bicyclic) bond motifs is 1. The predicted octanol–water partition coefficient (Wildman–Crippen LogP) is 5.98. The van der Waals surface area contributed by atoms with E-state index in [2.05, 4.69) is 32.3 Å². The third-order valence-corrected chi connectivity index (χ3v) is 5.70. The van der Waals surface area contributed by atoms with E-state index in [4.69, 9.17) is 23.2 Å². The van der Waals surface area contributed by atoms with Crippen LogP contribution in [0.1, 0.15) is 4.88 Å². The molecule has 3 aromatic rings. The Morgan fingerprint density at radius 2 is 2.05 bits per heavy atom. The van der Waals surface area contributed by atoms with Gasteiger partial charge in [0.05, 0.1) is 27.9 Å². The lowest BCUT2D eigenvalue weighted by molar-refractivity contribution is 1.17. The van der Waals surface area contributed by atoms with Crippen LogP contribution in [0.4, 0.5) is 5.69 Å². The number of hydrogen-bond acceptors (Lipinski definition) is 3. The van der Waals surface area contributed by atoms with Gasteiger partial charge in [0.1, 0.15) is 5.15 Å². The second-order valence-corrected chi connectivity index (χ2v) is 6.91. The molecule has 0 radical (unpaired) electrons. The largest absolute Gasteiger partial charge is 0.379 e. The lowest BCUT2D eigenvalue weighted by Crippen LogP contribution is -1.98. The van der Waals surface area contributed by atoms with Gasteiger partial charge in [-0.1, -0.05) is 41.4 Å². The number of nitrogens with one attached hydrogen (secondary N) is 1. The molecular formula is C14H9BrCl2N2S. The first kappa shape index (κ1) is 14.1. The lowest BCUT2D eigenvalue weighted by Gasteiger charge is -2.06. The minimum atomic E-state index is 0.454. The zero-order valence-electron chi connectivity index (χ0n) is 10.2. The Kier molecular flexibility index (Phi) is 4.17. The summed E-state index contributed by atoms with van der Waals surface area (Å²) in [5.41, 5.74) is 0.898. The number of aromatic nitrogens is 1. The van der Waals surface area contributed by atoms with Crippen molar-refractivity contribution in [3.8, 4) is 0 Å². The Bertz CT molecular complexity index is 773. The molecule has 1 aromatic carbocycles. The van der Waals surface area contributed by atoms with E-state index < -0.39 is 0 Å². The molecule has 0 bridgehead atoms. The number of pyridine rings is 1. The van der Waals surface area contributed by atoms with E-state index in [1.54, 1.807) is 17.5 Å². The van der Waals surface area contributed by atoms with E-state index >= 15 is 0 Å². The molecule has 0 fully saturated rings. The van der Waals surface area contributed by atoms with Crippen molar-refractivity contribution in [2.24, 2.45) is 0 Å². The van der Waals surface area contributed by atoms with Crippen LogP contribution in [-0.2, 0) is 6.54 Å². The zero-order valence-corrected chi connectivity index (χ0v) is 14.1. The minimum Gasteiger partial charge on any atom is -0.379 e. The molecule has 0 aliphatic heterocycles. The van der Waals surface area contributed by atoms with Gasteiger partial charge in [0.2, 0.25) is 0 Å². The van der Waals surface area contributed by atoms with E-state index in [0.717, 1.165) is 25.4 Å². The van der Waals surface area contributed by atoms with Gasteiger partial charge < -0.3 is 5.32 Å². The smallest absolute Gasteiger partial charge is 0.143 e. The predicted molar refractivity (Wildman–Crippen MR) is 91.1 cm³/mol. The first-order valence-electron chi connectivity index (χ1n) is 5.86. The van der Waals surface area contributed by atoms with Crippen LogP contribution in [0, 0.1) is 0 Å². The van der Waals surface area contributed by atoms with Crippen molar-refractivity contribution in [3.63, 3.8) is 0 Å². The molecule has 2 nitrogen and oxygen atoms in total. The molecule has 0 amide bonds. The molecule has 6 heteroatoms. The molecule has 3 rings (SSSR count).